The van der Waals surface area contributed by atoms with Crippen LogP contribution in [0.4, 0.5) is 5.82 Å². The Hall–Kier alpha value is -3.27. The number of anilines is 1. The smallest absolute Gasteiger partial charge is 0.310 e. The van der Waals surface area contributed by atoms with Crippen LogP contribution in [0.5, 0.6) is 0 Å². The molecular weight excluding hydrogens is 444 g/mol. The van der Waals surface area contributed by atoms with Crippen LogP contribution in [0.3, 0.4) is 0 Å². The Labute approximate surface area is 195 Å². The number of aliphatic hydroxyl groups is 2. The lowest BCUT2D eigenvalue weighted by molar-refractivity contribution is -0.150. The van der Waals surface area contributed by atoms with Crippen LogP contribution in [0.15, 0.2) is 6.33 Å². The highest BCUT2D eigenvalue weighted by atomic mass is 16.6. The normalized spacial score (nSPS) is 26.1. The van der Waals surface area contributed by atoms with Gasteiger partial charge in [0.25, 0.3) is 5.91 Å². The fraction of sp³-hybridized carbons (Fsp3) is 0.591. The number of carbonyl (C=O) groups is 2. The van der Waals surface area contributed by atoms with Crippen LogP contribution < -0.4 is 11.1 Å². The molecule has 4 atom stereocenters. The van der Waals surface area contributed by atoms with Gasteiger partial charge in [0.1, 0.15) is 17.7 Å². The fourth-order valence-corrected chi connectivity index (χ4v) is 4.55. The summed E-state index contributed by atoms with van der Waals surface area (Å²) < 4.78 is 7.01. The van der Waals surface area contributed by atoms with Gasteiger partial charge in [-0.15, -0.1) is 0 Å². The lowest BCUT2D eigenvalue weighted by Crippen LogP contribution is -2.42. The van der Waals surface area contributed by atoms with Crippen molar-refractivity contribution in [2.24, 2.45) is 5.41 Å². The lowest BCUT2D eigenvalue weighted by Gasteiger charge is -2.31. The van der Waals surface area contributed by atoms with Crippen molar-refractivity contribution in [2.75, 3.05) is 12.3 Å². The van der Waals surface area contributed by atoms with Crippen molar-refractivity contribution in [3.8, 4) is 11.8 Å². The Morgan fingerprint density at radius 1 is 1.26 bits per heavy atom. The Morgan fingerprint density at radius 3 is 2.68 bits per heavy atom. The number of fused-ring (bicyclic) bond motifs is 1. The van der Waals surface area contributed by atoms with E-state index in [0.29, 0.717) is 19.4 Å². The molecule has 2 fully saturated rings. The molecule has 12 nitrogen and oxygen atoms in total. The number of aromatic nitrogens is 4. The summed E-state index contributed by atoms with van der Waals surface area (Å²) in [5.41, 5.74) is 5.61. The molecule has 2 aliphatic rings. The minimum atomic E-state index is -1.45. The number of nitrogens with zero attached hydrogens (tertiary/aromatic N) is 4. The molecule has 1 saturated heterocycles. The molecule has 1 aliphatic carbocycles. The maximum atomic E-state index is 12.2. The van der Waals surface area contributed by atoms with E-state index >= 15 is 0 Å². The number of carboxylic acids is 1. The van der Waals surface area contributed by atoms with Gasteiger partial charge >= 0.3 is 5.97 Å². The van der Waals surface area contributed by atoms with Gasteiger partial charge in [0.15, 0.2) is 23.8 Å². The van der Waals surface area contributed by atoms with E-state index in [-0.39, 0.29) is 29.2 Å². The molecule has 182 valence electrons. The second-order valence-electron chi connectivity index (χ2n) is 8.70. The maximum absolute atomic E-state index is 12.2. The Kier molecular flexibility index (Phi) is 6.70. The zero-order chi connectivity index (χ0) is 24.5. The molecule has 0 spiro atoms. The average Bonchev–Trinajstić information content (AvgIpc) is 3.36. The van der Waals surface area contributed by atoms with Gasteiger partial charge in [0.05, 0.1) is 11.7 Å². The number of amides is 1. The number of carboxylic acid groups (broad SMARTS) is 1. The number of nitrogens with two attached hydrogens (primary N) is 1. The Morgan fingerprint density at radius 2 is 2.00 bits per heavy atom. The third-order valence-corrected chi connectivity index (χ3v) is 6.46. The number of carbonyl (C=O) groups excluding carboxylic acids is 1. The van der Waals surface area contributed by atoms with Crippen molar-refractivity contribution in [3.63, 3.8) is 0 Å². The third-order valence-electron chi connectivity index (χ3n) is 6.46. The molecule has 4 rings (SSSR count). The number of aliphatic hydroxyl groups excluding tert-OH is 2. The first kappa shape index (κ1) is 23.9. The van der Waals surface area contributed by atoms with Gasteiger partial charge in [0.2, 0.25) is 5.82 Å². The van der Waals surface area contributed by atoms with Gasteiger partial charge < -0.3 is 31.1 Å². The first-order valence-electron chi connectivity index (χ1n) is 11.3. The van der Waals surface area contributed by atoms with E-state index < -0.39 is 41.8 Å². The predicted molar refractivity (Wildman–Crippen MR) is 119 cm³/mol. The van der Waals surface area contributed by atoms with E-state index in [1.54, 1.807) is 6.92 Å². The molecule has 1 saturated carbocycles. The van der Waals surface area contributed by atoms with Crippen molar-refractivity contribution >= 4 is 28.9 Å². The van der Waals surface area contributed by atoms with Gasteiger partial charge in [0, 0.05) is 13.0 Å². The average molecular weight is 473 g/mol. The summed E-state index contributed by atoms with van der Waals surface area (Å²) in [5.74, 6) is 4.43. The van der Waals surface area contributed by atoms with Gasteiger partial charge in [-0.05, 0) is 25.7 Å². The summed E-state index contributed by atoms with van der Waals surface area (Å²) >= 11 is 0. The van der Waals surface area contributed by atoms with Crippen molar-refractivity contribution in [1.82, 2.24) is 24.8 Å². The van der Waals surface area contributed by atoms with E-state index in [9.17, 15) is 24.9 Å². The third kappa shape index (κ3) is 4.29. The van der Waals surface area contributed by atoms with Crippen LogP contribution in [-0.4, -0.2) is 71.6 Å². The highest BCUT2D eigenvalue weighted by Crippen LogP contribution is 2.39. The van der Waals surface area contributed by atoms with E-state index in [1.807, 2.05) is 0 Å². The van der Waals surface area contributed by atoms with Crippen molar-refractivity contribution in [2.45, 2.75) is 70.0 Å². The van der Waals surface area contributed by atoms with E-state index in [4.69, 9.17) is 10.5 Å². The van der Waals surface area contributed by atoms with Crippen molar-refractivity contribution in [1.29, 1.82) is 0 Å². The highest BCUT2D eigenvalue weighted by molar-refractivity contribution is 5.83. The highest BCUT2D eigenvalue weighted by Gasteiger charge is 2.47. The molecule has 12 heteroatoms. The minimum Gasteiger partial charge on any atom is -0.481 e. The quantitative estimate of drug-likeness (QED) is 0.369. The topological polar surface area (TPSA) is 186 Å². The molecule has 34 heavy (non-hydrogen) atoms. The first-order chi connectivity index (χ1) is 16.3. The zero-order valence-electron chi connectivity index (χ0n) is 18.8. The number of nitrogens with one attached hydrogen (secondary N) is 1. The summed E-state index contributed by atoms with van der Waals surface area (Å²) in [5, 5.41) is 33.1. The van der Waals surface area contributed by atoms with Gasteiger partial charge in [-0.2, -0.15) is 0 Å². The molecule has 0 radical (unpaired) electrons. The van der Waals surface area contributed by atoms with Crippen LogP contribution in [0.2, 0.25) is 0 Å². The number of hydrogen-bond donors (Lipinski definition) is 5. The van der Waals surface area contributed by atoms with E-state index in [2.05, 4.69) is 32.1 Å². The molecular formula is C22H28N6O6. The van der Waals surface area contributed by atoms with E-state index in [0.717, 1.165) is 19.3 Å². The monoisotopic (exact) mass is 472 g/mol. The summed E-state index contributed by atoms with van der Waals surface area (Å²) in [4.78, 5) is 36.7. The predicted octanol–water partition coefficient (Wildman–Crippen LogP) is -0.0595. The molecule has 2 aromatic rings. The van der Waals surface area contributed by atoms with Gasteiger partial charge in [-0.1, -0.05) is 25.2 Å². The number of nitrogen functional groups attached to an aromatic ring is 1. The lowest BCUT2D eigenvalue weighted by atomic mass is 9.72. The molecule has 1 aliphatic heterocycles. The molecule has 4 unspecified atom stereocenters. The molecule has 0 aromatic carbocycles. The van der Waals surface area contributed by atoms with Crippen LogP contribution in [0, 0.1) is 17.3 Å². The number of aliphatic carboxylic acids is 1. The standard InChI is InChI=1S/C22H28N6O6/c1-2-24-19(31)16-14(29)15(30)20(34-16)28-11-25-13-17(23)26-12(27-18(13)28)7-6-10-22(21(32)33)8-4-3-5-9-22/h11,14-16,20,29-30H,2-5,8-10H2,1H3,(H,24,31)(H,32,33)(H2,23,26,27). The zero-order valence-corrected chi connectivity index (χ0v) is 18.8. The fourth-order valence-electron chi connectivity index (χ4n) is 4.55. The summed E-state index contributed by atoms with van der Waals surface area (Å²) in [6.45, 7) is 2.07. The summed E-state index contributed by atoms with van der Waals surface area (Å²) in [6.07, 6.45) is 0.128. The molecule has 3 heterocycles. The number of hydrogen-bond acceptors (Lipinski definition) is 9. The molecule has 6 N–H and O–H groups in total. The van der Waals surface area contributed by atoms with Crippen LogP contribution >= 0.6 is 0 Å². The molecule has 2 aromatic heterocycles. The summed E-state index contributed by atoms with van der Waals surface area (Å²) in [7, 11) is 0. The minimum absolute atomic E-state index is 0.0481. The second-order valence-corrected chi connectivity index (χ2v) is 8.70. The number of likely N-dealkylation sites (N-methyl/N-ethyl adjacent to an activating group) is 1. The first-order valence-corrected chi connectivity index (χ1v) is 11.3. The maximum Gasteiger partial charge on any atom is 0.310 e. The van der Waals surface area contributed by atoms with Gasteiger partial charge in [-0.25, -0.2) is 15.0 Å². The van der Waals surface area contributed by atoms with E-state index in [1.165, 1.54) is 10.9 Å². The van der Waals surface area contributed by atoms with Crippen molar-refractivity contribution in [3.05, 3.63) is 12.2 Å². The molecule has 0 bridgehead atoms. The van der Waals surface area contributed by atoms with Crippen LogP contribution in [0.25, 0.3) is 11.2 Å². The number of rotatable bonds is 5. The largest absolute Gasteiger partial charge is 0.481 e. The van der Waals surface area contributed by atoms with Crippen LogP contribution in [-0.2, 0) is 14.3 Å². The number of imidazole rings is 1. The Bertz CT molecular complexity index is 1150. The SMILES string of the molecule is CCNC(=O)C1OC(n2cnc3c(N)nc(C#CCC4(C(=O)O)CCCCC4)nc32)C(O)C1O. The molecule has 1 amide bonds. The van der Waals surface area contributed by atoms with Crippen LogP contribution in [0.1, 0.15) is 57.5 Å². The summed E-state index contributed by atoms with van der Waals surface area (Å²) in [6, 6.07) is 0. The second kappa shape index (κ2) is 9.54. The van der Waals surface area contributed by atoms with Gasteiger partial charge in [-0.3, -0.25) is 14.2 Å². The number of ether oxygens (including phenoxy) is 1. The van der Waals surface area contributed by atoms with Crippen molar-refractivity contribution < 1.29 is 29.6 Å². The Balaban J connectivity index is 1.62.